The van der Waals surface area contributed by atoms with Gasteiger partial charge in [0.05, 0.1) is 5.69 Å². The summed E-state index contributed by atoms with van der Waals surface area (Å²) in [5.41, 5.74) is 0.243. The first-order valence-corrected chi connectivity index (χ1v) is 9.08. The second-order valence-electron chi connectivity index (χ2n) is 6.97. The maximum atomic E-state index is 13.9. The van der Waals surface area contributed by atoms with Gasteiger partial charge in [0.1, 0.15) is 5.56 Å². The van der Waals surface area contributed by atoms with Gasteiger partial charge in [-0.05, 0) is 36.6 Å². The minimum absolute atomic E-state index is 0. The third-order valence-electron chi connectivity index (χ3n) is 5.23. The smallest absolute Gasteiger partial charge is 0.333 e. The number of rotatable bonds is 2. The number of nitrogens with one attached hydrogen (secondary N) is 2. The summed E-state index contributed by atoms with van der Waals surface area (Å²) in [6.45, 7) is 1.54. The van der Waals surface area contributed by atoms with Gasteiger partial charge in [-0.15, -0.1) is 12.4 Å². The van der Waals surface area contributed by atoms with E-state index in [1.807, 2.05) is 0 Å². The lowest BCUT2D eigenvalue weighted by Crippen LogP contribution is -2.36. The van der Waals surface area contributed by atoms with Gasteiger partial charge in [-0.3, -0.25) is 9.89 Å². The highest BCUT2D eigenvalue weighted by molar-refractivity contribution is 5.94. The molecular weight excluding hydrogens is 431 g/mol. The van der Waals surface area contributed by atoms with Crippen molar-refractivity contribution in [1.82, 2.24) is 20.4 Å². The number of nitrogens with zero attached hydrogens (tertiary/aromatic N) is 2. The van der Waals surface area contributed by atoms with E-state index >= 15 is 0 Å². The molecule has 4 rings (SSSR count). The number of aromatic amines is 1. The average Bonchev–Trinajstić information content (AvgIpc) is 3.13. The molecule has 0 spiro atoms. The Balaban J connectivity index is 0.00000256. The van der Waals surface area contributed by atoms with Gasteiger partial charge < -0.3 is 10.2 Å². The van der Waals surface area contributed by atoms with Crippen LogP contribution in [0.2, 0.25) is 0 Å². The lowest BCUT2D eigenvalue weighted by atomic mass is 9.93. The Labute approximate surface area is 174 Å². The molecule has 1 amide bonds. The lowest BCUT2D eigenvalue weighted by Gasteiger charge is -2.27. The van der Waals surface area contributed by atoms with Gasteiger partial charge in [0.2, 0.25) is 0 Å². The molecule has 0 saturated carbocycles. The first-order valence-electron chi connectivity index (χ1n) is 9.08. The molecule has 0 radical (unpaired) electrons. The minimum Gasteiger partial charge on any atom is -0.333 e. The van der Waals surface area contributed by atoms with E-state index in [0.29, 0.717) is 24.7 Å². The Hall–Kier alpha value is -2.46. The summed E-state index contributed by atoms with van der Waals surface area (Å²) in [4.78, 5) is 14.3. The van der Waals surface area contributed by atoms with Gasteiger partial charge in [0.25, 0.3) is 5.91 Å². The SMILES string of the molecule is Cl.O=C(c1n[nH]c2c1CCNC2)N1CC=C(c2ccc(F)c(F)c2C(F)(F)F)CC1. The van der Waals surface area contributed by atoms with Gasteiger partial charge in [-0.25, -0.2) is 8.78 Å². The summed E-state index contributed by atoms with van der Waals surface area (Å²) in [6, 6.07) is 1.62. The van der Waals surface area contributed by atoms with Crippen LogP contribution in [0.4, 0.5) is 22.0 Å². The van der Waals surface area contributed by atoms with Gasteiger partial charge >= 0.3 is 6.18 Å². The zero-order valence-electron chi connectivity index (χ0n) is 15.6. The highest BCUT2D eigenvalue weighted by Crippen LogP contribution is 2.39. The molecule has 30 heavy (non-hydrogen) atoms. The fourth-order valence-electron chi connectivity index (χ4n) is 3.76. The molecule has 1 aromatic heterocycles. The Kier molecular flexibility index (Phi) is 6.19. The molecule has 0 bridgehead atoms. The molecule has 3 heterocycles. The third kappa shape index (κ3) is 3.93. The first-order chi connectivity index (χ1) is 13.8. The number of hydrogen-bond acceptors (Lipinski definition) is 3. The number of aromatic nitrogens is 2. The molecule has 0 atom stereocenters. The Morgan fingerprint density at radius 2 is 1.93 bits per heavy atom. The second-order valence-corrected chi connectivity index (χ2v) is 6.97. The molecule has 0 unspecified atom stereocenters. The number of fused-ring (bicyclic) bond motifs is 1. The van der Waals surface area contributed by atoms with Crippen molar-refractivity contribution in [3.63, 3.8) is 0 Å². The van der Waals surface area contributed by atoms with Gasteiger partial charge in [-0.2, -0.15) is 18.3 Å². The maximum Gasteiger partial charge on any atom is 0.419 e. The number of benzene rings is 1. The van der Waals surface area contributed by atoms with E-state index in [-0.39, 0.29) is 43.4 Å². The van der Waals surface area contributed by atoms with Crippen molar-refractivity contribution >= 4 is 23.9 Å². The van der Waals surface area contributed by atoms with Crippen LogP contribution in [0.1, 0.15) is 39.3 Å². The zero-order chi connectivity index (χ0) is 20.8. The molecule has 5 nitrogen and oxygen atoms in total. The largest absolute Gasteiger partial charge is 0.419 e. The van der Waals surface area contributed by atoms with Gasteiger partial charge in [0.15, 0.2) is 17.3 Å². The fraction of sp³-hybridized carbons (Fsp3) is 0.368. The predicted octanol–water partition coefficient (Wildman–Crippen LogP) is 3.70. The second kappa shape index (κ2) is 8.35. The van der Waals surface area contributed by atoms with E-state index in [1.165, 1.54) is 11.0 Å². The van der Waals surface area contributed by atoms with E-state index in [0.717, 1.165) is 23.9 Å². The Morgan fingerprint density at radius 3 is 2.60 bits per heavy atom. The van der Waals surface area contributed by atoms with Crippen molar-refractivity contribution < 1.29 is 26.7 Å². The highest BCUT2D eigenvalue weighted by Gasteiger charge is 2.39. The van der Waals surface area contributed by atoms with E-state index in [4.69, 9.17) is 0 Å². The van der Waals surface area contributed by atoms with Crippen LogP contribution in [-0.2, 0) is 19.1 Å². The number of carbonyl (C=O) groups excluding carboxylic acids is 1. The van der Waals surface area contributed by atoms with Crippen molar-refractivity contribution in [2.45, 2.75) is 25.6 Å². The maximum absolute atomic E-state index is 13.9. The van der Waals surface area contributed by atoms with E-state index in [2.05, 4.69) is 15.5 Å². The van der Waals surface area contributed by atoms with Gasteiger partial charge in [0, 0.05) is 25.2 Å². The van der Waals surface area contributed by atoms with Crippen molar-refractivity contribution in [2.75, 3.05) is 19.6 Å². The normalized spacial score (nSPS) is 16.6. The molecule has 0 saturated heterocycles. The van der Waals surface area contributed by atoms with Crippen LogP contribution in [0.15, 0.2) is 18.2 Å². The summed E-state index contributed by atoms with van der Waals surface area (Å²) < 4.78 is 67.1. The molecule has 11 heteroatoms. The Bertz CT molecular complexity index is 1000. The van der Waals surface area contributed by atoms with Crippen LogP contribution in [-0.4, -0.2) is 40.6 Å². The summed E-state index contributed by atoms with van der Waals surface area (Å²) in [5, 5.41) is 10.1. The van der Waals surface area contributed by atoms with Crippen LogP contribution in [0.25, 0.3) is 5.57 Å². The quantitative estimate of drug-likeness (QED) is 0.689. The van der Waals surface area contributed by atoms with Crippen LogP contribution in [0.3, 0.4) is 0 Å². The van der Waals surface area contributed by atoms with Crippen molar-refractivity contribution in [3.05, 3.63) is 57.9 Å². The highest BCUT2D eigenvalue weighted by atomic mass is 35.5. The van der Waals surface area contributed by atoms with Crippen LogP contribution < -0.4 is 5.32 Å². The number of carbonyl (C=O) groups is 1. The van der Waals surface area contributed by atoms with Crippen molar-refractivity contribution in [2.24, 2.45) is 0 Å². The van der Waals surface area contributed by atoms with E-state index in [1.54, 1.807) is 0 Å². The molecule has 1 aromatic carbocycles. The topological polar surface area (TPSA) is 61.0 Å². The molecule has 2 aliphatic rings. The van der Waals surface area contributed by atoms with Crippen molar-refractivity contribution in [3.8, 4) is 0 Å². The standard InChI is InChI=1S/C19H17F5N4O.ClH/c20-13-2-1-11(15(16(13)21)19(22,23)24)10-4-7-28(8-5-10)18(29)17-12-3-6-25-9-14(12)26-27-17;/h1-2,4,25H,3,5-9H2,(H,26,27);1H. The summed E-state index contributed by atoms with van der Waals surface area (Å²) >= 11 is 0. The first kappa shape index (κ1) is 22.2. The summed E-state index contributed by atoms with van der Waals surface area (Å²) in [6.07, 6.45) is -2.83. The molecule has 2 aromatic rings. The van der Waals surface area contributed by atoms with E-state index in [9.17, 15) is 26.7 Å². The Morgan fingerprint density at radius 1 is 1.17 bits per heavy atom. The number of hydrogen-bond donors (Lipinski definition) is 2. The monoisotopic (exact) mass is 448 g/mol. The predicted molar refractivity (Wildman–Crippen MR) is 101 cm³/mol. The number of H-pyrrole nitrogens is 1. The minimum atomic E-state index is -5.03. The summed E-state index contributed by atoms with van der Waals surface area (Å²) in [7, 11) is 0. The molecule has 0 aliphatic carbocycles. The van der Waals surface area contributed by atoms with E-state index < -0.39 is 28.9 Å². The average molecular weight is 449 g/mol. The fourth-order valence-corrected chi connectivity index (χ4v) is 3.76. The van der Waals surface area contributed by atoms with Crippen molar-refractivity contribution in [1.29, 1.82) is 0 Å². The molecule has 2 aliphatic heterocycles. The lowest BCUT2D eigenvalue weighted by molar-refractivity contribution is -0.140. The molecule has 162 valence electrons. The molecular formula is C19H18ClF5N4O. The number of alkyl halides is 3. The number of amides is 1. The van der Waals surface area contributed by atoms with Crippen LogP contribution in [0, 0.1) is 11.6 Å². The van der Waals surface area contributed by atoms with Crippen LogP contribution >= 0.6 is 12.4 Å². The van der Waals surface area contributed by atoms with Crippen LogP contribution in [0.5, 0.6) is 0 Å². The van der Waals surface area contributed by atoms with Gasteiger partial charge in [-0.1, -0.05) is 12.1 Å². The number of halogens is 6. The third-order valence-corrected chi connectivity index (χ3v) is 5.23. The zero-order valence-corrected chi connectivity index (χ0v) is 16.4. The molecule has 0 fully saturated rings. The summed E-state index contributed by atoms with van der Waals surface area (Å²) in [5.74, 6) is -3.76. The molecule has 2 N–H and O–H groups in total.